The summed E-state index contributed by atoms with van der Waals surface area (Å²) < 4.78 is 11.3. The molecule has 1 saturated carbocycles. The highest BCUT2D eigenvalue weighted by Gasteiger charge is 2.43. The summed E-state index contributed by atoms with van der Waals surface area (Å²) in [5.41, 5.74) is 1.54. The van der Waals surface area contributed by atoms with Crippen LogP contribution < -0.4 is 4.74 Å². The second-order valence-electron chi connectivity index (χ2n) is 5.35. The van der Waals surface area contributed by atoms with E-state index in [9.17, 15) is 5.11 Å². The molecule has 0 aliphatic heterocycles. The molecule has 3 heteroatoms. The van der Waals surface area contributed by atoms with Gasteiger partial charge in [-0.3, -0.25) is 0 Å². The average Bonchev–Trinajstić information content (AvgIpc) is 2.88. The van der Waals surface area contributed by atoms with E-state index in [1.165, 1.54) is 0 Å². The van der Waals surface area contributed by atoms with Gasteiger partial charge >= 0.3 is 0 Å². The molecule has 0 saturated heterocycles. The van der Waals surface area contributed by atoms with Crippen LogP contribution in [0.5, 0.6) is 5.75 Å². The van der Waals surface area contributed by atoms with Crippen molar-refractivity contribution in [3.63, 3.8) is 0 Å². The topological polar surface area (TPSA) is 38.7 Å². The number of aryl methyl sites for hydroxylation is 1. The first-order valence-electron chi connectivity index (χ1n) is 7.09. The highest BCUT2D eigenvalue weighted by atomic mass is 16.5. The molecular weight excluding hydrogens is 240 g/mol. The van der Waals surface area contributed by atoms with Crippen LogP contribution in [0.15, 0.2) is 18.2 Å². The lowest BCUT2D eigenvalue weighted by molar-refractivity contribution is -0.119. The minimum Gasteiger partial charge on any atom is -0.496 e. The predicted octanol–water partition coefficient (Wildman–Crippen LogP) is 3.39. The third-order valence-corrected chi connectivity index (χ3v) is 4.06. The van der Waals surface area contributed by atoms with Crippen LogP contribution in [0.25, 0.3) is 0 Å². The Morgan fingerprint density at radius 3 is 2.58 bits per heavy atom. The van der Waals surface area contributed by atoms with E-state index in [0.717, 1.165) is 42.6 Å². The number of methoxy groups -OCH3 is 1. The van der Waals surface area contributed by atoms with Gasteiger partial charge in [-0.05, 0) is 38.8 Å². The molecule has 106 valence electrons. The Hall–Kier alpha value is -1.06. The minimum atomic E-state index is -0.621. The molecule has 0 aromatic heterocycles. The first-order valence-corrected chi connectivity index (χ1v) is 7.09. The monoisotopic (exact) mass is 264 g/mol. The Balaban J connectivity index is 2.36. The zero-order chi connectivity index (χ0) is 13.9. The van der Waals surface area contributed by atoms with Gasteiger partial charge in [0.1, 0.15) is 11.9 Å². The van der Waals surface area contributed by atoms with E-state index < -0.39 is 11.7 Å². The molecule has 1 atom stereocenters. The van der Waals surface area contributed by atoms with Gasteiger partial charge in [-0.15, -0.1) is 0 Å². The van der Waals surface area contributed by atoms with Crippen molar-refractivity contribution in [3.05, 3.63) is 29.3 Å². The molecule has 1 aromatic rings. The van der Waals surface area contributed by atoms with Crippen molar-refractivity contribution in [1.82, 2.24) is 0 Å². The first-order chi connectivity index (χ1) is 9.13. The fraction of sp³-hybridized carbons (Fsp3) is 0.625. The molecule has 1 aliphatic rings. The largest absolute Gasteiger partial charge is 0.496 e. The molecular formula is C16H24O3. The highest BCUT2D eigenvalue weighted by Crippen LogP contribution is 2.45. The van der Waals surface area contributed by atoms with Crippen molar-refractivity contribution in [3.8, 4) is 5.75 Å². The van der Waals surface area contributed by atoms with Gasteiger partial charge in [0.2, 0.25) is 0 Å². The normalized spacial score (nSPS) is 19.4. The van der Waals surface area contributed by atoms with Gasteiger partial charge in [0, 0.05) is 12.2 Å². The summed E-state index contributed by atoms with van der Waals surface area (Å²) >= 11 is 0. The maximum absolute atomic E-state index is 10.8. The molecule has 1 unspecified atom stereocenters. The summed E-state index contributed by atoms with van der Waals surface area (Å²) in [6.45, 7) is 4.64. The molecule has 0 spiro atoms. The van der Waals surface area contributed by atoms with Crippen molar-refractivity contribution in [1.29, 1.82) is 0 Å². The second-order valence-corrected chi connectivity index (χ2v) is 5.35. The molecule has 19 heavy (non-hydrogen) atoms. The van der Waals surface area contributed by atoms with E-state index in [-0.39, 0.29) is 0 Å². The number of aliphatic hydroxyl groups is 1. The summed E-state index contributed by atoms with van der Waals surface area (Å²) in [6.07, 6.45) is 3.44. The van der Waals surface area contributed by atoms with Gasteiger partial charge in [-0.1, -0.05) is 24.5 Å². The smallest absolute Gasteiger partial charge is 0.124 e. The first kappa shape index (κ1) is 14.4. The minimum absolute atomic E-state index is 0.435. The lowest BCUT2D eigenvalue weighted by atomic mass is 9.88. The number of hydrogen-bond acceptors (Lipinski definition) is 3. The van der Waals surface area contributed by atoms with Gasteiger partial charge in [-0.25, -0.2) is 0 Å². The maximum Gasteiger partial charge on any atom is 0.124 e. The van der Waals surface area contributed by atoms with Gasteiger partial charge in [0.15, 0.2) is 0 Å². The number of benzene rings is 1. The van der Waals surface area contributed by atoms with Gasteiger partial charge in [0.25, 0.3) is 0 Å². The molecule has 1 N–H and O–H groups in total. The number of ether oxygens (including phenoxy) is 2. The van der Waals surface area contributed by atoms with E-state index in [2.05, 4.69) is 0 Å². The van der Waals surface area contributed by atoms with Crippen LogP contribution in [0.1, 0.15) is 49.8 Å². The Morgan fingerprint density at radius 1 is 1.32 bits per heavy atom. The molecule has 3 nitrogen and oxygen atoms in total. The summed E-state index contributed by atoms with van der Waals surface area (Å²) in [5.74, 6) is 0.740. The van der Waals surface area contributed by atoms with Gasteiger partial charge in [0.05, 0.1) is 12.7 Å². The molecule has 0 bridgehead atoms. The molecule has 2 rings (SSSR count). The predicted molar refractivity (Wildman–Crippen MR) is 75.5 cm³/mol. The lowest BCUT2D eigenvalue weighted by Crippen LogP contribution is -2.37. The Kier molecular flexibility index (Phi) is 4.48. The van der Waals surface area contributed by atoms with E-state index in [1.807, 2.05) is 32.0 Å². The maximum atomic E-state index is 10.8. The quantitative estimate of drug-likeness (QED) is 0.886. The van der Waals surface area contributed by atoms with Gasteiger partial charge < -0.3 is 14.6 Å². The molecule has 1 aromatic carbocycles. The van der Waals surface area contributed by atoms with E-state index in [0.29, 0.717) is 6.61 Å². The number of aliphatic hydroxyl groups excluding tert-OH is 1. The fourth-order valence-corrected chi connectivity index (χ4v) is 3.11. The molecule has 0 heterocycles. The van der Waals surface area contributed by atoms with Crippen molar-refractivity contribution in [2.24, 2.45) is 0 Å². The average molecular weight is 264 g/mol. The Bertz CT molecular complexity index is 422. The summed E-state index contributed by atoms with van der Waals surface area (Å²) in [6, 6.07) is 5.92. The SMILES string of the molecule is CCOC1(C(O)c2cc(C)ccc2OC)CCCC1. The van der Waals surface area contributed by atoms with E-state index in [1.54, 1.807) is 7.11 Å². The molecule has 0 radical (unpaired) electrons. The third-order valence-electron chi connectivity index (χ3n) is 4.06. The van der Waals surface area contributed by atoms with E-state index in [4.69, 9.17) is 9.47 Å². The van der Waals surface area contributed by atoms with Crippen LogP contribution >= 0.6 is 0 Å². The van der Waals surface area contributed by atoms with Crippen molar-refractivity contribution >= 4 is 0 Å². The summed E-state index contributed by atoms with van der Waals surface area (Å²) in [7, 11) is 1.64. The van der Waals surface area contributed by atoms with Crippen LogP contribution in [0.3, 0.4) is 0 Å². The van der Waals surface area contributed by atoms with Crippen molar-refractivity contribution in [2.45, 2.75) is 51.2 Å². The highest BCUT2D eigenvalue weighted by molar-refractivity contribution is 5.39. The summed E-state index contributed by atoms with van der Waals surface area (Å²) in [5, 5.41) is 10.8. The van der Waals surface area contributed by atoms with Crippen LogP contribution in [0.2, 0.25) is 0 Å². The molecule has 1 aliphatic carbocycles. The van der Waals surface area contributed by atoms with Gasteiger partial charge in [-0.2, -0.15) is 0 Å². The second kappa shape index (κ2) is 5.93. The third kappa shape index (κ3) is 2.77. The van der Waals surface area contributed by atoms with Crippen LogP contribution in [-0.4, -0.2) is 24.4 Å². The van der Waals surface area contributed by atoms with E-state index >= 15 is 0 Å². The zero-order valence-corrected chi connectivity index (χ0v) is 12.1. The Labute approximate surface area is 115 Å². The molecule has 1 fully saturated rings. The Morgan fingerprint density at radius 2 is 2.00 bits per heavy atom. The summed E-state index contributed by atoms with van der Waals surface area (Å²) in [4.78, 5) is 0. The van der Waals surface area contributed by atoms with Crippen LogP contribution in [0, 0.1) is 6.92 Å². The zero-order valence-electron chi connectivity index (χ0n) is 12.1. The van der Waals surface area contributed by atoms with Crippen molar-refractivity contribution in [2.75, 3.05) is 13.7 Å². The molecule has 0 amide bonds. The number of rotatable bonds is 5. The fourth-order valence-electron chi connectivity index (χ4n) is 3.11. The van der Waals surface area contributed by atoms with Crippen LogP contribution in [0.4, 0.5) is 0 Å². The lowest BCUT2D eigenvalue weighted by Gasteiger charge is -2.35. The number of hydrogen-bond donors (Lipinski definition) is 1. The standard InChI is InChI=1S/C16H24O3/c1-4-19-16(9-5-6-10-16)15(17)13-11-12(2)7-8-14(13)18-3/h7-8,11,15,17H,4-6,9-10H2,1-3H3. The van der Waals surface area contributed by atoms with Crippen LogP contribution in [-0.2, 0) is 4.74 Å². The van der Waals surface area contributed by atoms with Crippen molar-refractivity contribution < 1.29 is 14.6 Å².